The first-order valence-electron chi connectivity index (χ1n) is 5.20. The van der Waals surface area contributed by atoms with Gasteiger partial charge in [-0.15, -0.1) is 0 Å². The van der Waals surface area contributed by atoms with Gasteiger partial charge in [0.1, 0.15) is 5.76 Å². The van der Waals surface area contributed by atoms with E-state index >= 15 is 0 Å². The molecule has 6 heteroatoms. The Labute approximate surface area is 96.5 Å². The average molecular weight is 246 g/mol. The van der Waals surface area contributed by atoms with E-state index in [1.807, 2.05) is 0 Å². The molecule has 1 aromatic rings. The molecule has 0 unspecified atom stereocenters. The fourth-order valence-corrected chi connectivity index (χ4v) is 1.97. The van der Waals surface area contributed by atoms with Gasteiger partial charge in [0.05, 0.1) is 6.54 Å². The van der Waals surface area contributed by atoms with Crippen molar-refractivity contribution in [3.8, 4) is 0 Å². The molecule has 5 nitrogen and oxygen atoms in total. The molecular weight excluding hydrogens is 228 g/mol. The Morgan fingerprint density at radius 3 is 2.62 bits per heavy atom. The summed E-state index contributed by atoms with van der Waals surface area (Å²) in [6, 6.07) is 3.16. The lowest BCUT2D eigenvalue weighted by atomic mass is 10.4. The van der Waals surface area contributed by atoms with E-state index in [1.54, 1.807) is 6.07 Å². The van der Waals surface area contributed by atoms with Gasteiger partial charge in [0.2, 0.25) is 5.09 Å². The number of furan rings is 1. The quantitative estimate of drug-likeness (QED) is 0.761. The van der Waals surface area contributed by atoms with Crippen molar-refractivity contribution in [3.05, 3.63) is 17.9 Å². The Hall–Kier alpha value is -0.850. The summed E-state index contributed by atoms with van der Waals surface area (Å²) < 4.78 is 29.8. The number of nitrogens with one attached hydrogen (secondary N) is 1. The molecule has 0 radical (unpaired) electrons. The van der Waals surface area contributed by atoms with Crippen molar-refractivity contribution in [1.29, 1.82) is 0 Å². The molecule has 0 spiro atoms. The molecule has 92 valence electrons. The Bertz CT molecular complexity index is 423. The largest absolute Gasteiger partial charge is 0.447 e. The first kappa shape index (κ1) is 13.2. The predicted molar refractivity (Wildman–Crippen MR) is 61.6 cm³/mol. The summed E-state index contributed by atoms with van der Waals surface area (Å²) in [4.78, 5) is 0. The van der Waals surface area contributed by atoms with Crippen molar-refractivity contribution in [2.24, 2.45) is 0 Å². The number of hydrogen-bond donors (Lipinski definition) is 1. The van der Waals surface area contributed by atoms with Crippen LogP contribution in [0.2, 0.25) is 0 Å². The third-order valence-corrected chi connectivity index (χ3v) is 3.79. The third-order valence-electron chi connectivity index (χ3n) is 2.10. The van der Waals surface area contributed by atoms with Crippen LogP contribution in [0.4, 0.5) is 0 Å². The Morgan fingerprint density at radius 2 is 2.06 bits per heavy atom. The molecule has 1 N–H and O–H groups in total. The zero-order valence-electron chi connectivity index (χ0n) is 9.86. The lowest BCUT2D eigenvalue weighted by Crippen LogP contribution is -2.21. The van der Waals surface area contributed by atoms with E-state index in [1.165, 1.54) is 20.2 Å². The van der Waals surface area contributed by atoms with Crippen LogP contribution in [0.15, 0.2) is 21.6 Å². The van der Waals surface area contributed by atoms with Crippen molar-refractivity contribution < 1.29 is 12.8 Å². The SMILES string of the molecule is CCCNCc1ccc(S(=O)(=O)N(C)C)o1. The number of sulfonamides is 1. The highest BCUT2D eigenvalue weighted by atomic mass is 32.2. The third kappa shape index (κ3) is 3.07. The summed E-state index contributed by atoms with van der Waals surface area (Å²) in [5.74, 6) is 0.633. The van der Waals surface area contributed by atoms with E-state index < -0.39 is 10.0 Å². The second-order valence-corrected chi connectivity index (χ2v) is 5.77. The first-order valence-corrected chi connectivity index (χ1v) is 6.64. The standard InChI is InChI=1S/C10H18N2O3S/c1-4-7-11-8-9-5-6-10(15-9)16(13,14)12(2)3/h5-6,11H,4,7-8H2,1-3H3. The van der Waals surface area contributed by atoms with Crippen LogP contribution in [0.1, 0.15) is 19.1 Å². The number of hydrogen-bond acceptors (Lipinski definition) is 4. The van der Waals surface area contributed by atoms with Gasteiger partial charge in [-0.25, -0.2) is 12.7 Å². The van der Waals surface area contributed by atoms with Crippen LogP contribution in [0.5, 0.6) is 0 Å². The van der Waals surface area contributed by atoms with Crippen molar-refractivity contribution in [2.75, 3.05) is 20.6 Å². The first-order chi connectivity index (χ1) is 7.48. The lowest BCUT2D eigenvalue weighted by molar-refractivity contribution is 0.389. The van der Waals surface area contributed by atoms with Gasteiger partial charge in [0.25, 0.3) is 10.0 Å². The van der Waals surface area contributed by atoms with Gasteiger partial charge in [0, 0.05) is 14.1 Å². The van der Waals surface area contributed by atoms with Crippen molar-refractivity contribution in [3.63, 3.8) is 0 Å². The number of nitrogens with zero attached hydrogens (tertiary/aromatic N) is 1. The van der Waals surface area contributed by atoms with Crippen LogP contribution in [0.3, 0.4) is 0 Å². The predicted octanol–water partition coefficient (Wildman–Crippen LogP) is 1.03. The smallest absolute Gasteiger partial charge is 0.275 e. The topological polar surface area (TPSA) is 62.6 Å². The molecule has 0 aliphatic heterocycles. The minimum atomic E-state index is -3.45. The highest BCUT2D eigenvalue weighted by Crippen LogP contribution is 2.16. The molecule has 0 fully saturated rings. The van der Waals surface area contributed by atoms with E-state index in [-0.39, 0.29) is 5.09 Å². The Balaban J connectivity index is 2.72. The summed E-state index contributed by atoms with van der Waals surface area (Å²) in [6.07, 6.45) is 1.03. The maximum Gasteiger partial charge on any atom is 0.275 e. The summed E-state index contributed by atoms with van der Waals surface area (Å²) >= 11 is 0. The van der Waals surface area contributed by atoms with Gasteiger partial charge in [-0.3, -0.25) is 0 Å². The zero-order valence-corrected chi connectivity index (χ0v) is 10.7. The van der Waals surface area contributed by atoms with Crippen LogP contribution in [0.25, 0.3) is 0 Å². The second kappa shape index (κ2) is 5.47. The Morgan fingerprint density at radius 1 is 1.38 bits per heavy atom. The fraction of sp³-hybridized carbons (Fsp3) is 0.600. The van der Waals surface area contributed by atoms with Gasteiger partial charge in [-0.05, 0) is 25.1 Å². The molecule has 0 aliphatic rings. The van der Waals surface area contributed by atoms with Gasteiger partial charge >= 0.3 is 0 Å². The second-order valence-electron chi connectivity index (χ2n) is 3.68. The fourth-order valence-electron chi connectivity index (χ4n) is 1.16. The van der Waals surface area contributed by atoms with Gasteiger partial charge in [-0.1, -0.05) is 6.92 Å². The molecule has 1 rings (SSSR count). The summed E-state index contributed by atoms with van der Waals surface area (Å²) in [7, 11) is -0.490. The van der Waals surface area contributed by atoms with E-state index in [2.05, 4.69) is 12.2 Å². The van der Waals surface area contributed by atoms with Gasteiger partial charge in [-0.2, -0.15) is 0 Å². The van der Waals surface area contributed by atoms with E-state index in [0.717, 1.165) is 17.3 Å². The molecule has 16 heavy (non-hydrogen) atoms. The monoisotopic (exact) mass is 246 g/mol. The van der Waals surface area contributed by atoms with Crippen molar-refractivity contribution in [2.45, 2.75) is 25.0 Å². The summed E-state index contributed by atoms with van der Waals surface area (Å²) in [5, 5.41) is 3.13. The maximum atomic E-state index is 11.7. The molecule has 0 aromatic carbocycles. The van der Waals surface area contributed by atoms with Crippen LogP contribution in [0, 0.1) is 0 Å². The summed E-state index contributed by atoms with van der Waals surface area (Å²) in [5.41, 5.74) is 0. The number of rotatable bonds is 6. The average Bonchev–Trinajstić information content (AvgIpc) is 2.67. The van der Waals surface area contributed by atoms with Crippen molar-refractivity contribution in [1.82, 2.24) is 9.62 Å². The molecule has 1 heterocycles. The van der Waals surface area contributed by atoms with Crippen LogP contribution in [-0.4, -0.2) is 33.4 Å². The molecule has 0 bridgehead atoms. The molecule has 0 atom stereocenters. The van der Waals surface area contributed by atoms with E-state index in [9.17, 15) is 8.42 Å². The van der Waals surface area contributed by atoms with Crippen LogP contribution >= 0.6 is 0 Å². The minimum Gasteiger partial charge on any atom is -0.447 e. The molecule has 0 saturated heterocycles. The summed E-state index contributed by atoms with van der Waals surface area (Å²) in [6.45, 7) is 3.50. The maximum absolute atomic E-state index is 11.7. The molecular formula is C10H18N2O3S. The zero-order chi connectivity index (χ0) is 12.2. The van der Waals surface area contributed by atoms with E-state index in [4.69, 9.17) is 4.42 Å². The van der Waals surface area contributed by atoms with Gasteiger partial charge in [0.15, 0.2) is 0 Å². The highest BCUT2D eigenvalue weighted by molar-refractivity contribution is 7.88. The normalized spacial score (nSPS) is 12.2. The lowest BCUT2D eigenvalue weighted by Gasteiger charge is -2.07. The molecule has 0 amide bonds. The molecule has 0 saturated carbocycles. The van der Waals surface area contributed by atoms with Crippen molar-refractivity contribution >= 4 is 10.0 Å². The minimum absolute atomic E-state index is 0.00852. The van der Waals surface area contributed by atoms with Gasteiger partial charge < -0.3 is 9.73 Å². The molecule has 0 aliphatic carbocycles. The highest BCUT2D eigenvalue weighted by Gasteiger charge is 2.21. The van der Waals surface area contributed by atoms with E-state index in [0.29, 0.717) is 12.3 Å². The van der Waals surface area contributed by atoms with Crippen LogP contribution in [-0.2, 0) is 16.6 Å². The molecule has 1 aromatic heterocycles. The van der Waals surface area contributed by atoms with Crippen LogP contribution < -0.4 is 5.32 Å². The Kier molecular flexibility index (Phi) is 4.52.